The molecule has 1 N–H and O–H groups in total. The molecule has 0 spiro atoms. The summed E-state index contributed by atoms with van der Waals surface area (Å²) in [6.07, 6.45) is 0. The van der Waals surface area contributed by atoms with Gasteiger partial charge in [0.25, 0.3) is 5.91 Å². The Hall–Kier alpha value is -2.70. The number of nitrogens with zero attached hydrogens (tertiary/aromatic N) is 3. The molecule has 1 aliphatic heterocycles. The number of aryl methyl sites for hydroxylation is 2. The van der Waals surface area contributed by atoms with Gasteiger partial charge in [-0.25, -0.2) is 4.98 Å². The van der Waals surface area contributed by atoms with Crippen LogP contribution in [0.1, 0.15) is 28.7 Å². The van der Waals surface area contributed by atoms with E-state index in [1.807, 2.05) is 49.4 Å². The van der Waals surface area contributed by atoms with Crippen molar-refractivity contribution in [3.05, 3.63) is 59.4 Å². The number of morpholine rings is 1. The van der Waals surface area contributed by atoms with Crippen molar-refractivity contribution in [1.29, 1.82) is 0 Å². The molecule has 0 bridgehead atoms. The lowest BCUT2D eigenvalue weighted by Crippen LogP contribution is -2.36. The van der Waals surface area contributed by atoms with Gasteiger partial charge in [0.1, 0.15) is 5.82 Å². The smallest absolute Gasteiger partial charge is 0.255 e. The predicted octanol–water partition coefficient (Wildman–Crippen LogP) is 3.45. The molecule has 6 heteroatoms. The van der Waals surface area contributed by atoms with E-state index in [1.165, 1.54) is 0 Å². The summed E-state index contributed by atoms with van der Waals surface area (Å²) in [5.41, 5.74) is 4.55. The highest BCUT2D eigenvalue weighted by molar-refractivity contribution is 6.05. The van der Waals surface area contributed by atoms with E-state index in [9.17, 15) is 4.79 Å². The fourth-order valence-corrected chi connectivity index (χ4v) is 3.60. The number of aromatic nitrogens is 2. The van der Waals surface area contributed by atoms with E-state index >= 15 is 0 Å². The first-order chi connectivity index (χ1) is 13.6. The standard InChI is InChI=1S/C22H26N4O2/c1-3-26-20-9-8-18(23-22(27)17-6-4-16(2)5-7-17)14-19(20)24-21(26)15-25-10-12-28-13-11-25/h4-9,14H,3,10-13,15H2,1-2H3,(H,23,27). The summed E-state index contributed by atoms with van der Waals surface area (Å²) in [6, 6.07) is 13.5. The second kappa shape index (κ2) is 8.12. The van der Waals surface area contributed by atoms with Crippen LogP contribution in [0.4, 0.5) is 5.69 Å². The summed E-state index contributed by atoms with van der Waals surface area (Å²) in [7, 11) is 0. The number of nitrogens with one attached hydrogen (secondary N) is 1. The highest BCUT2D eigenvalue weighted by Gasteiger charge is 2.16. The van der Waals surface area contributed by atoms with Crippen molar-refractivity contribution in [2.45, 2.75) is 26.9 Å². The number of imidazole rings is 1. The second-order valence-corrected chi connectivity index (χ2v) is 7.18. The van der Waals surface area contributed by atoms with Gasteiger partial charge in [0.2, 0.25) is 0 Å². The molecule has 0 radical (unpaired) electrons. The number of anilines is 1. The third kappa shape index (κ3) is 3.93. The van der Waals surface area contributed by atoms with Crippen molar-refractivity contribution in [1.82, 2.24) is 14.5 Å². The largest absolute Gasteiger partial charge is 0.379 e. The van der Waals surface area contributed by atoms with Gasteiger partial charge in [0.15, 0.2) is 0 Å². The zero-order chi connectivity index (χ0) is 19.5. The van der Waals surface area contributed by atoms with Crippen LogP contribution in [0, 0.1) is 6.92 Å². The molecule has 6 nitrogen and oxygen atoms in total. The van der Waals surface area contributed by atoms with Gasteiger partial charge in [0, 0.05) is 30.9 Å². The van der Waals surface area contributed by atoms with Crippen LogP contribution in [0.25, 0.3) is 11.0 Å². The van der Waals surface area contributed by atoms with E-state index in [4.69, 9.17) is 9.72 Å². The molecule has 0 saturated carbocycles. The van der Waals surface area contributed by atoms with Gasteiger partial charge < -0.3 is 14.6 Å². The minimum Gasteiger partial charge on any atom is -0.379 e. The lowest BCUT2D eigenvalue weighted by atomic mass is 10.1. The highest BCUT2D eigenvalue weighted by Crippen LogP contribution is 2.22. The van der Waals surface area contributed by atoms with Gasteiger partial charge >= 0.3 is 0 Å². The summed E-state index contributed by atoms with van der Waals surface area (Å²) in [5, 5.41) is 2.98. The molecule has 1 saturated heterocycles. The van der Waals surface area contributed by atoms with E-state index < -0.39 is 0 Å². The highest BCUT2D eigenvalue weighted by atomic mass is 16.5. The van der Waals surface area contributed by atoms with Crippen LogP contribution < -0.4 is 5.32 Å². The first kappa shape index (κ1) is 18.7. The Balaban J connectivity index is 1.56. The lowest BCUT2D eigenvalue weighted by molar-refractivity contribution is 0.0327. The minimum absolute atomic E-state index is 0.109. The van der Waals surface area contributed by atoms with Gasteiger partial charge in [-0.05, 0) is 44.2 Å². The molecule has 146 valence electrons. The first-order valence-corrected chi connectivity index (χ1v) is 9.81. The van der Waals surface area contributed by atoms with Crippen molar-refractivity contribution in [2.24, 2.45) is 0 Å². The molecule has 28 heavy (non-hydrogen) atoms. The van der Waals surface area contributed by atoms with Crippen LogP contribution in [-0.4, -0.2) is 46.7 Å². The van der Waals surface area contributed by atoms with Crippen LogP contribution in [-0.2, 0) is 17.8 Å². The number of rotatable bonds is 5. The van der Waals surface area contributed by atoms with Gasteiger partial charge in [-0.15, -0.1) is 0 Å². The van der Waals surface area contributed by atoms with Gasteiger partial charge in [-0.1, -0.05) is 17.7 Å². The first-order valence-electron chi connectivity index (χ1n) is 9.81. The van der Waals surface area contributed by atoms with Crippen LogP contribution in [0.15, 0.2) is 42.5 Å². The molecule has 0 atom stereocenters. The molecule has 2 heterocycles. The molecule has 1 aromatic heterocycles. The van der Waals surface area contributed by atoms with Crippen molar-refractivity contribution in [3.63, 3.8) is 0 Å². The number of amides is 1. The summed E-state index contributed by atoms with van der Waals surface area (Å²) in [6.45, 7) is 9.26. The van der Waals surface area contributed by atoms with Crippen molar-refractivity contribution < 1.29 is 9.53 Å². The maximum Gasteiger partial charge on any atom is 0.255 e. The van der Waals surface area contributed by atoms with Crippen LogP contribution in [0.3, 0.4) is 0 Å². The molecule has 1 amide bonds. The Bertz CT molecular complexity index is 972. The SMILES string of the molecule is CCn1c(CN2CCOCC2)nc2cc(NC(=O)c3ccc(C)cc3)ccc21. The number of carbonyl (C=O) groups excluding carboxylic acids is 1. The monoisotopic (exact) mass is 378 g/mol. The van der Waals surface area contributed by atoms with Crippen LogP contribution in [0.2, 0.25) is 0 Å². The Kier molecular flexibility index (Phi) is 5.41. The van der Waals surface area contributed by atoms with Crippen LogP contribution in [0.5, 0.6) is 0 Å². The molecule has 2 aromatic carbocycles. The second-order valence-electron chi connectivity index (χ2n) is 7.18. The maximum atomic E-state index is 12.5. The van der Waals surface area contributed by atoms with Crippen LogP contribution >= 0.6 is 0 Å². The topological polar surface area (TPSA) is 59.4 Å². The summed E-state index contributed by atoms with van der Waals surface area (Å²) < 4.78 is 7.69. The zero-order valence-corrected chi connectivity index (χ0v) is 16.4. The minimum atomic E-state index is -0.109. The third-order valence-corrected chi connectivity index (χ3v) is 5.18. The molecule has 1 fully saturated rings. The fourth-order valence-electron chi connectivity index (χ4n) is 3.60. The number of ether oxygens (including phenoxy) is 1. The van der Waals surface area contributed by atoms with Gasteiger partial charge in [-0.3, -0.25) is 9.69 Å². The quantitative estimate of drug-likeness (QED) is 0.739. The number of carbonyl (C=O) groups is 1. The fraction of sp³-hybridized carbons (Fsp3) is 0.364. The zero-order valence-electron chi connectivity index (χ0n) is 16.4. The maximum absolute atomic E-state index is 12.5. The van der Waals surface area contributed by atoms with E-state index in [0.717, 1.165) is 67.5 Å². The molecular formula is C22H26N4O2. The van der Waals surface area contributed by atoms with E-state index in [1.54, 1.807) is 0 Å². The van der Waals surface area contributed by atoms with Crippen molar-refractivity contribution in [3.8, 4) is 0 Å². The number of benzene rings is 2. The van der Waals surface area contributed by atoms with E-state index in [0.29, 0.717) is 5.56 Å². The normalized spacial score (nSPS) is 15.1. The molecule has 4 rings (SSSR count). The van der Waals surface area contributed by atoms with Gasteiger partial charge in [0.05, 0.1) is 30.8 Å². The third-order valence-electron chi connectivity index (χ3n) is 5.18. The number of hydrogen-bond donors (Lipinski definition) is 1. The lowest BCUT2D eigenvalue weighted by Gasteiger charge is -2.26. The average molecular weight is 378 g/mol. The van der Waals surface area contributed by atoms with Gasteiger partial charge in [-0.2, -0.15) is 0 Å². The molecule has 0 aliphatic carbocycles. The van der Waals surface area contributed by atoms with E-state index in [-0.39, 0.29) is 5.91 Å². The molecule has 1 aliphatic rings. The Morgan fingerprint density at radius 2 is 1.89 bits per heavy atom. The molecule has 0 unspecified atom stereocenters. The Morgan fingerprint density at radius 3 is 2.61 bits per heavy atom. The number of hydrogen-bond acceptors (Lipinski definition) is 4. The summed E-state index contributed by atoms with van der Waals surface area (Å²) >= 11 is 0. The Labute approximate surface area is 165 Å². The predicted molar refractivity (Wildman–Crippen MR) is 111 cm³/mol. The molecular weight excluding hydrogens is 352 g/mol. The molecule has 3 aromatic rings. The Morgan fingerprint density at radius 1 is 1.14 bits per heavy atom. The average Bonchev–Trinajstić information content (AvgIpc) is 3.05. The summed E-state index contributed by atoms with van der Waals surface area (Å²) in [4.78, 5) is 19.7. The summed E-state index contributed by atoms with van der Waals surface area (Å²) in [5.74, 6) is 0.948. The number of fused-ring (bicyclic) bond motifs is 1. The van der Waals surface area contributed by atoms with E-state index in [2.05, 4.69) is 21.7 Å². The van der Waals surface area contributed by atoms with Crippen molar-refractivity contribution in [2.75, 3.05) is 31.6 Å². The van der Waals surface area contributed by atoms with Crippen molar-refractivity contribution >= 4 is 22.6 Å².